The topological polar surface area (TPSA) is 27.3 Å². The lowest BCUT2D eigenvalue weighted by molar-refractivity contribution is 0.119. The van der Waals surface area contributed by atoms with E-state index in [9.17, 15) is 0 Å². The van der Waals surface area contributed by atoms with Gasteiger partial charge < -0.3 is 10.6 Å². The molecule has 0 saturated carbocycles. The molecular formula is C19H45N3. The Bertz CT molecular complexity index is 223. The summed E-state index contributed by atoms with van der Waals surface area (Å²) in [4.78, 5) is 2.52. The molecule has 1 unspecified atom stereocenters. The third-order valence-electron chi connectivity index (χ3n) is 4.59. The highest BCUT2D eigenvalue weighted by Crippen LogP contribution is 2.30. The molecule has 3 nitrogen and oxygen atoms in total. The van der Waals surface area contributed by atoms with Crippen LogP contribution in [0.4, 0.5) is 0 Å². The number of piperidine rings is 1. The van der Waals surface area contributed by atoms with E-state index in [-0.39, 0.29) is 14.9 Å². The minimum atomic E-state index is 0. The van der Waals surface area contributed by atoms with Crippen molar-refractivity contribution in [3.63, 3.8) is 0 Å². The van der Waals surface area contributed by atoms with Crippen LogP contribution in [-0.4, -0.2) is 49.7 Å². The van der Waals surface area contributed by atoms with E-state index in [0.717, 1.165) is 19.0 Å². The van der Waals surface area contributed by atoms with E-state index in [2.05, 4.69) is 57.1 Å². The fourth-order valence-electron chi connectivity index (χ4n) is 2.93. The van der Waals surface area contributed by atoms with Crippen LogP contribution in [0.15, 0.2) is 0 Å². The van der Waals surface area contributed by atoms with Crippen molar-refractivity contribution >= 4 is 0 Å². The summed E-state index contributed by atoms with van der Waals surface area (Å²) in [5, 5.41) is 6.79. The molecule has 2 heterocycles. The van der Waals surface area contributed by atoms with Gasteiger partial charge in [0.2, 0.25) is 0 Å². The summed E-state index contributed by atoms with van der Waals surface area (Å²) in [6.07, 6.45) is 2.78. The van der Waals surface area contributed by atoms with Crippen LogP contribution in [-0.2, 0) is 0 Å². The number of hydrogen-bond acceptors (Lipinski definition) is 3. The molecule has 0 aromatic carbocycles. The molecule has 136 valence electrons. The van der Waals surface area contributed by atoms with Crippen LogP contribution >= 0.6 is 0 Å². The van der Waals surface area contributed by atoms with Crippen LogP contribution in [0.3, 0.4) is 0 Å². The second-order valence-corrected chi connectivity index (χ2v) is 8.32. The van der Waals surface area contributed by atoms with Crippen LogP contribution in [0.25, 0.3) is 0 Å². The normalized spacial score (nSPS) is 23.5. The molecule has 2 N–H and O–H groups in total. The molecule has 0 radical (unpaired) electrons. The highest BCUT2D eigenvalue weighted by molar-refractivity contribution is 4.80. The summed E-state index contributed by atoms with van der Waals surface area (Å²) in [6.45, 7) is 21.0. The van der Waals surface area contributed by atoms with Gasteiger partial charge in [-0.25, -0.2) is 0 Å². The van der Waals surface area contributed by atoms with Crippen molar-refractivity contribution in [1.29, 1.82) is 0 Å². The van der Waals surface area contributed by atoms with Crippen molar-refractivity contribution in [2.75, 3.05) is 39.3 Å². The van der Waals surface area contributed by atoms with Crippen molar-refractivity contribution in [2.24, 2.45) is 11.3 Å². The van der Waals surface area contributed by atoms with Crippen molar-refractivity contribution in [1.82, 2.24) is 15.5 Å². The average molecular weight is 316 g/mol. The Kier molecular flexibility index (Phi) is 11.6. The lowest BCUT2D eigenvalue weighted by Gasteiger charge is -2.38. The summed E-state index contributed by atoms with van der Waals surface area (Å²) < 4.78 is 0. The van der Waals surface area contributed by atoms with Crippen molar-refractivity contribution in [2.45, 2.75) is 74.8 Å². The number of nitrogens with one attached hydrogen (secondary N) is 2. The lowest BCUT2D eigenvalue weighted by atomic mass is 9.77. The van der Waals surface area contributed by atoms with E-state index in [1.54, 1.807) is 0 Å². The molecule has 0 aromatic heterocycles. The average Bonchev–Trinajstić information content (AvgIpc) is 2.40. The van der Waals surface area contributed by atoms with Crippen molar-refractivity contribution in [3.05, 3.63) is 0 Å². The zero-order valence-corrected chi connectivity index (χ0v) is 14.7. The van der Waals surface area contributed by atoms with Gasteiger partial charge in [0.1, 0.15) is 0 Å². The summed E-state index contributed by atoms with van der Waals surface area (Å²) >= 11 is 0. The maximum absolute atomic E-state index is 3.44. The van der Waals surface area contributed by atoms with Crippen LogP contribution in [0.1, 0.15) is 69.2 Å². The van der Waals surface area contributed by atoms with Crippen LogP contribution < -0.4 is 10.6 Å². The predicted molar refractivity (Wildman–Crippen MR) is 103 cm³/mol. The fourth-order valence-corrected chi connectivity index (χ4v) is 2.93. The highest BCUT2D eigenvalue weighted by Gasteiger charge is 2.25. The minimum Gasteiger partial charge on any atom is -0.316 e. The monoisotopic (exact) mass is 315 g/mol. The van der Waals surface area contributed by atoms with E-state index in [0.29, 0.717) is 11.0 Å². The molecule has 2 aliphatic rings. The first-order chi connectivity index (χ1) is 9.21. The van der Waals surface area contributed by atoms with Gasteiger partial charge in [0.15, 0.2) is 0 Å². The Labute approximate surface area is 141 Å². The number of piperazine rings is 1. The van der Waals surface area contributed by atoms with Crippen LogP contribution in [0.2, 0.25) is 0 Å². The van der Waals surface area contributed by atoms with Gasteiger partial charge in [0.05, 0.1) is 0 Å². The number of hydrogen-bond donors (Lipinski definition) is 2. The van der Waals surface area contributed by atoms with Crippen LogP contribution in [0, 0.1) is 11.3 Å². The van der Waals surface area contributed by atoms with E-state index in [4.69, 9.17) is 0 Å². The molecule has 3 heteroatoms. The molecule has 0 aromatic rings. The summed E-state index contributed by atoms with van der Waals surface area (Å²) in [5.41, 5.74) is 0.871. The Hall–Kier alpha value is -0.120. The number of nitrogens with zero attached hydrogens (tertiary/aromatic N) is 1. The zero-order valence-electron chi connectivity index (χ0n) is 14.7. The van der Waals surface area contributed by atoms with E-state index >= 15 is 0 Å². The molecule has 2 aliphatic heterocycles. The smallest absolute Gasteiger partial charge is 0.0126 e. The van der Waals surface area contributed by atoms with Crippen LogP contribution in [0.5, 0.6) is 0 Å². The second-order valence-electron chi connectivity index (χ2n) is 8.32. The molecule has 0 spiro atoms. The Balaban J connectivity index is 0. The maximum atomic E-state index is 3.44. The van der Waals surface area contributed by atoms with Gasteiger partial charge in [0.25, 0.3) is 0 Å². The molecule has 2 saturated heterocycles. The molecule has 1 atom stereocenters. The second kappa shape index (κ2) is 10.6. The van der Waals surface area contributed by atoms with Gasteiger partial charge in [-0.15, -0.1) is 0 Å². The summed E-state index contributed by atoms with van der Waals surface area (Å²) in [7, 11) is 0. The van der Waals surface area contributed by atoms with Gasteiger partial charge in [-0.05, 0) is 58.0 Å². The standard InChI is InChI=1S/C9H19N.C8H18N2.2CH4/c1-9(2,3)8-5-4-6-10-7-8;1-8(2,3)10-6-4-9-5-7-10;;/h8,10H,4-7H2,1-3H3;9H,4-7H2,1-3H3;2*1H4. The van der Waals surface area contributed by atoms with E-state index in [1.807, 2.05) is 0 Å². The highest BCUT2D eigenvalue weighted by atomic mass is 15.2. The van der Waals surface area contributed by atoms with Crippen molar-refractivity contribution < 1.29 is 0 Å². The van der Waals surface area contributed by atoms with Gasteiger partial charge in [-0.1, -0.05) is 35.6 Å². The molecular weight excluding hydrogens is 270 g/mol. The lowest BCUT2D eigenvalue weighted by Crippen LogP contribution is -2.51. The third-order valence-corrected chi connectivity index (χ3v) is 4.59. The SMILES string of the molecule is C.C.CC(C)(C)C1CCCNC1.CC(C)(C)N1CCNCC1. The first kappa shape index (κ1) is 24.1. The molecule has 2 fully saturated rings. The number of rotatable bonds is 0. The Morgan fingerprint density at radius 1 is 0.818 bits per heavy atom. The minimum absolute atomic E-state index is 0. The van der Waals surface area contributed by atoms with Gasteiger partial charge in [0, 0.05) is 31.7 Å². The first-order valence-corrected chi connectivity index (χ1v) is 8.38. The van der Waals surface area contributed by atoms with Gasteiger partial charge in [-0.2, -0.15) is 0 Å². The van der Waals surface area contributed by atoms with E-state index in [1.165, 1.54) is 39.0 Å². The van der Waals surface area contributed by atoms with Gasteiger partial charge in [-0.3, -0.25) is 4.90 Å². The molecule has 0 amide bonds. The first-order valence-electron chi connectivity index (χ1n) is 8.38. The maximum Gasteiger partial charge on any atom is 0.0126 e. The quantitative estimate of drug-likeness (QED) is 0.707. The van der Waals surface area contributed by atoms with E-state index < -0.39 is 0 Å². The Morgan fingerprint density at radius 2 is 1.36 bits per heavy atom. The fraction of sp³-hybridized carbons (Fsp3) is 1.00. The Morgan fingerprint density at radius 3 is 1.64 bits per heavy atom. The van der Waals surface area contributed by atoms with Crippen molar-refractivity contribution in [3.8, 4) is 0 Å². The largest absolute Gasteiger partial charge is 0.316 e. The summed E-state index contributed by atoms with van der Waals surface area (Å²) in [5.74, 6) is 0.890. The zero-order chi connectivity index (χ0) is 15.2. The van der Waals surface area contributed by atoms with Gasteiger partial charge >= 0.3 is 0 Å². The molecule has 0 bridgehead atoms. The predicted octanol–water partition coefficient (Wildman–Crippen LogP) is 3.99. The molecule has 0 aliphatic carbocycles. The third kappa shape index (κ3) is 9.12. The summed E-state index contributed by atoms with van der Waals surface area (Å²) in [6, 6.07) is 0. The molecule has 22 heavy (non-hydrogen) atoms. The molecule has 2 rings (SSSR count).